The normalized spacial score (nSPS) is 10.9. The number of pyridine rings is 2. The van der Waals surface area contributed by atoms with Crippen LogP contribution in [0.15, 0.2) is 66.2 Å². The Kier molecular flexibility index (Phi) is 14.0. The van der Waals surface area contributed by atoms with Gasteiger partial charge in [0, 0.05) is 36.1 Å². The molecule has 7 nitrogen and oxygen atoms in total. The van der Waals surface area contributed by atoms with Crippen LogP contribution in [0.1, 0.15) is 41.3 Å². The van der Waals surface area contributed by atoms with E-state index in [4.69, 9.17) is 16.7 Å². The molecule has 0 radical (unpaired) electrons. The Morgan fingerprint density at radius 1 is 1.08 bits per heavy atom. The van der Waals surface area contributed by atoms with Gasteiger partial charge < -0.3 is 20.6 Å². The smallest absolute Gasteiger partial charge is 0.410 e. The number of aryl methyl sites for hydroxylation is 2. The van der Waals surface area contributed by atoms with Crippen molar-refractivity contribution in [1.29, 1.82) is 0 Å². The summed E-state index contributed by atoms with van der Waals surface area (Å²) in [5.41, 5.74) is 2.77. The van der Waals surface area contributed by atoms with Crippen LogP contribution in [0.5, 0.6) is 0 Å². The fourth-order valence-electron chi connectivity index (χ4n) is 2.97. The number of benzene rings is 1. The van der Waals surface area contributed by atoms with Crippen molar-refractivity contribution >= 4 is 28.3 Å². The van der Waals surface area contributed by atoms with Crippen LogP contribution in [0.25, 0.3) is 11.0 Å². The summed E-state index contributed by atoms with van der Waals surface area (Å²) in [7, 11) is 3.75. The molecule has 0 saturated heterocycles. The Bertz CT molecular complexity index is 1270. The van der Waals surface area contributed by atoms with Crippen molar-refractivity contribution in [1.82, 2.24) is 20.3 Å². The highest BCUT2D eigenvalue weighted by atomic mass is 35.5. The summed E-state index contributed by atoms with van der Waals surface area (Å²) in [5, 5.41) is 24.7. The largest absolute Gasteiger partial charge is 0.416 e. The number of halogens is 4. The Morgan fingerprint density at radius 3 is 2.24 bits per heavy atom. The van der Waals surface area contributed by atoms with Crippen molar-refractivity contribution in [3.05, 3.63) is 94.0 Å². The van der Waals surface area contributed by atoms with Crippen LogP contribution in [0.2, 0.25) is 5.02 Å². The molecule has 0 aliphatic rings. The third kappa shape index (κ3) is 10.1. The van der Waals surface area contributed by atoms with Crippen molar-refractivity contribution in [3.63, 3.8) is 0 Å². The van der Waals surface area contributed by atoms with Gasteiger partial charge in [0.25, 0.3) is 0 Å². The number of aliphatic hydroxyl groups is 1. The maximum absolute atomic E-state index is 12.2. The zero-order valence-corrected chi connectivity index (χ0v) is 22.7. The first-order valence-electron chi connectivity index (χ1n) is 11.6. The highest BCUT2D eigenvalue weighted by Crippen LogP contribution is 2.32. The molecule has 4 rings (SSSR count). The lowest BCUT2D eigenvalue weighted by Crippen LogP contribution is -2.07. The number of fused-ring (bicyclic) bond motifs is 1. The second-order valence-corrected chi connectivity index (χ2v) is 8.38. The molecule has 3 aromatic heterocycles. The van der Waals surface area contributed by atoms with Gasteiger partial charge in [-0.15, -0.1) is 0 Å². The minimum absolute atomic E-state index is 0.271. The molecule has 0 spiro atoms. The van der Waals surface area contributed by atoms with E-state index in [1.54, 1.807) is 43.6 Å². The number of H-pyrrole nitrogens is 1. The Labute approximate surface area is 225 Å². The maximum Gasteiger partial charge on any atom is 0.416 e. The summed E-state index contributed by atoms with van der Waals surface area (Å²) < 4.78 is 36.7. The van der Waals surface area contributed by atoms with Gasteiger partial charge in [-0.1, -0.05) is 41.4 Å². The molecular formula is C27H33ClF3N5O2. The van der Waals surface area contributed by atoms with E-state index in [2.05, 4.69) is 25.4 Å². The monoisotopic (exact) mass is 551 g/mol. The number of aliphatic hydroxyl groups excluding tert-OH is 1. The molecule has 0 amide bonds. The number of hydrogen-bond donors (Lipinski definition) is 4. The summed E-state index contributed by atoms with van der Waals surface area (Å²) >= 11 is 5.80. The fourth-order valence-corrected chi connectivity index (χ4v) is 3.08. The molecule has 0 bridgehead atoms. The predicted molar refractivity (Wildman–Crippen MR) is 146 cm³/mol. The Hall–Kier alpha value is -3.47. The number of aromatic amines is 1. The van der Waals surface area contributed by atoms with Crippen molar-refractivity contribution in [3.8, 4) is 0 Å². The molecule has 0 unspecified atom stereocenters. The van der Waals surface area contributed by atoms with Crippen molar-refractivity contribution in [2.24, 2.45) is 5.16 Å². The summed E-state index contributed by atoms with van der Waals surface area (Å²) in [5.74, 6) is 0. The standard InChI is InChI=1S/C13H9ClN4O.C9H9F3.C3H8O.C2H7N/c14-8-1-2-11(17-7-8)12(18-19)9-3-5-15-13-10(9)4-6-16-13;1-6-3-4-7(2)8(5-6)9(10,11)12;1-2-3-4;1-3-2/h1-7,19H,(H,15,16);3-5H,1-2H3;4H,2-3H2,1H3;3H,1-2H3/b18-12+;;;. The first-order chi connectivity index (χ1) is 18.0. The zero-order chi connectivity index (χ0) is 28.7. The number of alkyl halides is 3. The van der Waals surface area contributed by atoms with Gasteiger partial charge in [-0.3, -0.25) is 4.98 Å². The fraction of sp³-hybridized carbons (Fsp3) is 0.296. The second kappa shape index (κ2) is 16.4. The number of hydrogen-bond acceptors (Lipinski definition) is 6. The van der Waals surface area contributed by atoms with Gasteiger partial charge in [0.05, 0.1) is 16.3 Å². The Morgan fingerprint density at radius 2 is 1.74 bits per heavy atom. The molecule has 0 aliphatic heterocycles. The van der Waals surface area contributed by atoms with E-state index in [0.717, 1.165) is 29.1 Å². The molecule has 3 heterocycles. The lowest BCUT2D eigenvalue weighted by Gasteiger charge is -2.10. The Balaban J connectivity index is 0.000000325. The van der Waals surface area contributed by atoms with Crippen LogP contribution in [0.4, 0.5) is 13.2 Å². The SMILES string of the molecule is CCCO.CNC.Cc1ccc(C)c(C(F)(F)F)c1.O/N=C(/c1ccc(Cl)cn1)c1ccnc2[nH]ccc12. The second-order valence-electron chi connectivity index (χ2n) is 7.95. The first kappa shape index (κ1) is 32.6. The number of nitrogens with zero attached hydrogens (tertiary/aromatic N) is 3. The quantitative estimate of drug-likeness (QED) is 0.134. The maximum atomic E-state index is 12.2. The first-order valence-corrected chi connectivity index (χ1v) is 12.0. The van der Waals surface area contributed by atoms with Crippen LogP contribution in [-0.2, 0) is 6.18 Å². The molecule has 11 heteroatoms. The molecule has 0 saturated carbocycles. The molecule has 38 heavy (non-hydrogen) atoms. The average Bonchev–Trinajstić information content (AvgIpc) is 3.37. The van der Waals surface area contributed by atoms with Crippen LogP contribution in [0, 0.1) is 13.8 Å². The van der Waals surface area contributed by atoms with E-state index in [-0.39, 0.29) is 5.56 Å². The van der Waals surface area contributed by atoms with Gasteiger partial charge in [0.15, 0.2) is 0 Å². The van der Waals surface area contributed by atoms with E-state index >= 15 is 0 Å². The zero-order valence-electron chi connectivity index (χ0n) is 21.9. The van der Waals surface area contributed by atoms with Gasteiger partial charge in [0.2, 0.25) is 0 Å². The molecular weight excluding hydrogens is 519 g/mol. The molecule has 1 aromatic carbocycles. The molecule has 206 valence electrons. The summed E-state index contributed by atoms with van der Waals surface area (Å²) in [6.07, 6.45) is 1.59. The highest BCUT2D eigenvalue weighted by molar-refractivity contribution is 6.30. The lowest BCUT2D eigenvalue weighted by atomic mass is 10.1. The van der Waals surface area contributed by atoms with E-state index in [9.17, 15) is 18.4 Å². The summed E-state index contributed by atoms with van der Waals surface area (Å²) in [6.45, 7) is 5.36. The van der Waals surface area contributed by atoms with Crippen LogP contribution in [0.3, 0.4) is 0 Å². The van der Waals surface area contributed by atoms with Gasteiger partial charge in [-0.25, -0.2) is 4.98 Å². The van der Waals surface area contributed by atoms with Gasteiger partial charge >= 0.3 is 6.18 Å². The van der Waals surface area contributed by atoms with Crippen LogP contribution < -0.4 is 5.32 Å². The minimum Gasteiger partial charge on any atom is -0.410 e. The molecule has 4 N–H and O–H groups in total. The van der Waals surface area contributed by atoms with E-state index in [1.807, 2.05) is 27.1 Å². The topological polar surface area (TPSA) is 106 Å². The highest BCUT2D eigenvalue weighted by Gasteiger charge is 2.32. The minimum atomic E-state index is -4.23. The average molecular weight is 552 g/mol. The summed E-state index contributed by atoms with van der Waals surface area (Å²) in [4.78, 5) is 11.4. The van der Waals surface area contributed by atoms with Gasteiger partial charge in [-0.05, 0) is 70.3 Å². The van der Waals surface area contributed by atoms with E-state index in [0.29, 0.717) is 28.6 Å². The molecule has 0 aliphatic carbocycles. The van der Waals surface area contributed by atoms with Gasteiger partial charge in [-0.2, -0.15) is 13.2 Å². The summed E-state index contributed by atoms with van der Waals surface area (Å²) in [6, 6.07) is 11.4. The number of aromatic nitrogens is 3. The molecule has 0 atom stereocenters. The van der Waals surface area contributed by atoms with Crippen LogP contribution in [-0.4, -0.2) is 51.7 Å². The van der Waals surface area contributed by atoms with Crippen molar-refractivity contribution in [2.75, 3.05) is 20.7 Å². The number of rotatable bonds is 3. The van der Waals surface area contributed by atoms with E-state index < -0.39 is 11.7 Å². The predicted octanol–water partition coefficient (Wildman–Crippen LogP) is 6.38. The lowest BCUT2D eigenvalue weighted by molar-refractivity contribution is -0.138. The van der Waals surface area contributed by atoms with E-state index in [1.165, 1.54) is 19.2 Å². The third-order valence-corrected chi connectivity index (χ3v) is 4.93. The van der Waals surface area contributed by atoms with Crippen molar-refractivity contribution in [2.45, 2.75) is 33.4 Å². The number of nitrogens with one attached hydrogen (secondary N) is 2. The van der Waals surface area contributed by atoms with Crippen molar-refractivity contribution < 1.29 is 23.5 Å². The molecule has 4 aromatic rings. The number of oxime groups is 1. The van der Waals surface area contributed by atoms with Crippen LogP contribution >= 0.6 is 11.6 Å². The van der Waals surface area contributed by atoms with Gasteiger partial charge in [0.1, 0.15) is 11.4 Å². The molecule has 0 fully saturated rings. The third-order valence-electron chi connectivity index (χ3n) is 4.71.